The minimum absolute atomic E-state index is 0.190. The van der Waals surface area contributed by atoms with Crippen molar-refractivity contribution in [2.24, 2.45) is 0 Å². The van der Waals surface area contributed by atoms with Crippen LogP contribution in [0, 0.1) is 5.41 Å². The van der Waals surface area contributed by atoms with Gasteiger partial charge in [0.2, 0.25) is 0 Å². The van der Waals surface area contributed by atoms with Gasteiger partial charge < -0.3 is 16.9 Å². The third kappa shape index (κ3) is 6.01. The summed E-state index contributed by atoms with van der Waals surface area (Å²) in [6, 6.07) is 14.6. The molecule has 3 nitrogen and oxygen atoms in total. The van der Waals surface area contributed by atoms with Gasteiger partial charge in [0.25, 0.3) is 0 Å². The summed E-state index contributed by atoms with van der Waals surface area (Å²) in [5.41, 5.74) is 18.5. The van der Waals surface area contributed by atoms with Crippen molar-refractivity contribution in [3.8, 4) is 0 Å². The second-order valence-electron chi connectivity index (χ2n) is 9.22. The minimum atomic E-state index is -0.336. The summed E-state index contributed by atoms with van der Waals surface area (Å²) in [5.74, 6) is 0. The van der Waals surface area contributed by atoms with Gasteiger partial charge in [-0.25, -0.2) is 0 Å². The van der Waals surface area contributed by atoms with Crippen molar-refractivity contribution in [3.05, 3.63) is 120 Å². The van der Waals surface area contributed by atoms with Crippen LogP contribution in [0.3, 0.4) is 0 Å². The number of allylic oxidation sites excluding steroid dienone is 8. The van der Waals surface area contributed by atoms with E-state index in [2.05, 4.69) is 71.2 Å². The fraction of sp³-hybridized carbons (Fsp3) is 0.233. The molecule has 0 spiro atoms. The lowest BCUT2D eigenvalue weighted by molar-refractivity contribution is 0.619. The predicted molar refractivity (Wildman–Crippen MR) is 146 cm³/mol. The van der Waals surface area contributed by atoms with E-state index in [4.69, 9.17) is 16.9 Å². The summed E-state index contributed by atoms with van der Waals surface area (Å²) in [6.07, 6.45) is 14.0. The fourth-order valence-corrected chi connectivity index (χ4v) is 3.90. The second kappa shape index (κ2) is 10.8. The lowest BCUT2D eigenvalue weighted by Crippen LogP contribution is -2.25. The van der Waals surface area contributed by atoms with Crippen LogP contribution in [0.1, 0.15) is 50.8 Å². The third-order valence-electron chi connectivity index (χ3n) is 6.22. The summed E-state index contributed by atoms with van der Waals surface area (Å²) < 4.78 is 0. The highest BCUT2D eigenvalue weighted by Crippen LogP contribution is 2.42. The molecule has 0 aromatic heterocycles. The Bertz CT molecular complexity index is 1100. The first-order valence-electron chi connectivity index (χ1n) is 11.2. The van der Waals surface area contributed by atoms with Crippen LogP contribution in [0.25, 0.3) is 0 Å². The van der Waals surface area contributed by atoms with Crippen LogP contribution in [0.15, 0.2) is 104 Å². The number of hydrogen-bond acceptors (Lipinski definition) is 3. The molecular formula is C30H37N3. The van der Waals surface area contributed by atoms with Crippen molar-refractivity contribution in [3.63, 3.8) is 0 Å². The average molecular weight is 440 g/mol. The number of rotatable bonds is 6. The Hall–Kier alpha value is -3.59. The summed E-state index contributed by atoms with van der Waals surface area (Å²) in [4.78, 5) is 0. The van der Waals surface area contributed by atoms with Gasteiger partial charge >= 0.3 is 0 Å². The zero-order chi connectivity index (χ0) is 24.6. The summed E-state index contributed by atoms with van der Waals surface area (Å²) >= 11 is 0. The normalized spacial score (nSPS) is 13.8. The topological polar surface area (TPSA) is 75.9 Å². The van der Waals surface area contributed by atoms with E-state index in [0.717, 1.165) is 23.1 Å². The van der Waals surface area contributed by atoms with E-state index in [1.54, 1.807) is 12.2 Å². The summed E-state index contributed by atoms with van der Waals surface area (Å²) in [5, 5.41) is 7.05. The van der Waals surface area contributed by atoms with Crippen LogP contribution in [0.2, 0.25) is 0 Å². The number of benzene rings is 2. The third-order valence-corrected chi connectivity index (χ3v) is 6.22. The maximum Gasteiger partial charge on any atom is 0.0589 e. The van der Waals surface area contributed by atoms with Crippen LogP contribution in [-0.4, -0.2) is 5.71 Å². The first-order valence-corrected chi connectivity index (χ1v) is 11.2. The lowest BCUT2D eigenvalue weighted by Gasteiger charge is -2.33. The highest BCUT2D eigenvalue weighted by atomic mass is 14.7. The molecule has 33 heavy (non-hydrogen) atoms. The van der Waals surface area contributed by atoms with E-state index in [9.17, 15) is 0 Å². The van der Waals surface area contributed by atoms with E-state index in [1.807, 2.05) is 42.5 Å². The van der Waals surface area contributed by atoms with E-state index >= 15 is 0 Å². The molecule has 2 aromatic carbocycles. The Morgan fingerprint density at radius 1 is 0.970 bits per heavy atom. The lowest BCUT2D eigenvalue weighted by atomic mass is 9.72. The van der Waals surface area contributed by atoms with Gasteiger partial charge in [-0.2, -0.15) is 0 Å². The van der Waals surface area contributed by atoms with E-state index in [1.165, 1.54) is 5.56 Å². The number of nitrogens with one attached hydrogen (secondary N) is 1. The molecule has 0 saturated carbocycles. The molecule has 5 N–H and O–H groups in total. The molecule has 2 aromatic rings. The van der Waals surface area contributed by atoms with Gasteiger partial charge in [0.15, 0.2) is 0 Å². The SMILES string of the molecule is C=C/C=C(\C=C)C(C)(C)c1cc(C(C)(C)c2ccccc2)cc(N)c1N.N=C1C=CC=CC1. The Balaban J connectivity index is 0.000000468. The molecule has 0 amide bonds. The fourth-order valence-electron chi connectivity index (χ4n) is 3.90. The molecule has 0 radical (unpaired) electrons. The molecule has 1 aliphatic carbocycles. The van der Waals surface area contributed by atoms with Crippen molar-refractivity contribution in [1.82, 2.24) is 0 Å². The van der Waals surface area contributed by atoms with Gasteiger partial charge in [0.05, 0.1) is 11.4 Å². The molecule has 0 aliphatic heterocycles. The van der Waals surface area contributed by atoms with Crippen LogP contribution in [-0.2, 0) is 10.8 Å². The van der Waals surface area contributed by atoms with Crippen molar-refractivity contribution in [2.75, 3.05) is 11.5 Å². The van der Waals surface area contributed by atoms with Gasteiger partial charge in [-0.05, 0) is 34.4 Å². The molecule has 1 aliphatic rings. The van der Waals surface area contributed by atoms with Crippen LogP contribution in [0.5, 0.6) is 0 Å². The second-order valence-corrected chi connectivity index (χ2v) is 9.22. The highest BCUT2D eigenvalue weighted by Gasteiger charge is 2.30. The largest absolute Gasteiger partial charge is 0.397 e. The van der Waals surface area contributed by atoms with Gasteiger partial charge in [0.1, 0.15) is 0 Å². The monoisotopic (exact) mass is 439 g/mol. The molecule has 0 heterocycles. The number of nitrogens with two attached hydrogens (primary N) is 2. The maximum absolute atomic E-state index is 7.05. The molecule has 0 fully saturated rings. The van der Waals surface area contributed by atoms with E-state index in [0.29, 0.717) is 17.1 Å². The van der Waals surface area contributed by atoms with Crippen molar-refractivity contribution in [2.45, 2.75) is 44.9 Å². The first kappa shape index (κ1) is 25.7. The molecule has 0 atom stereocenters. The van der Waals surface area contributed by atoms with Crippen LogP contribution < -0.4 is 11.5 Å². The number of hydrogen-bond donors (Lipinski definition) is 3. The van der Waals surface area contributed by atoms with Gasteiger partial charge in [-0.15, -0.1) is 0 Å². The standard InChI is InChI=1S/C24H30N2.C6H7N/c1-7-12-17(8-2)24(5,6)20-15-19(16-21(25)22(20)26)23(3,4)18-13-10-9-11-14-18;7-6-4-2-1-3-5-6/h7-16H,1-2,25-26H2,3-6H3;1-4,7H,5H2/b17-12+;. The first-order chi connectivity index (χ1) is 15.6. The minimum Gasteiger partial charge on any atom is -0.397 e. The van der Waals surface area contributed by atoms with Gasteiger partial charge in [0, 0.05) is 23.0 Å². The zero-order valence-corrected chi connectivity index (χ0v) is 20.4. The van der Waals surface area contributed by atoms with Crippen molar-refractivity contribution in [1.29, 1.82) is 5.41 Å². The highest BCUT2D eigenvalue weighted by molar-refractivity contribution is 5.94. The van der Waals surface area contributed by atoms with Gasteiger partial charge in [-0.1, -0.05) is 114 Å². The van der Waals surface area contributed by atoms with E-state index < -0.39 is 0 Å². The zero-order valence-electron chi connectivity index (χ0n) is 20.4. The Morgan fingerprint density at radius 3 is 2.12 bits per heavy atom. The molecule has 0 bridgehead atoms. The van der Waals surface area contributed by atoms with Crippen molar-refractivity contribution >= 4 is 17.1 Å². The quantitative estimate of drug-likeness (QED) is 0.327. The molecule has 3 rings (SSSR count). The van der Waals surface area contributed by atoms with Crippen molar-refractivity contribution < 1.29 is 0 Å². The Kier molecular flexibility index (Phi) is 8.42. The van der Waals surface area contributed by atoms with Crippen LogP contribution >= 0.6 is 0 Å². The molecular weight excluding hydrogens is 402 g/mol. The molecule has 0 unspecified atom stereocenters. The molecule has 3 heteroatoms. The van der Waals surface area contributed by atoms with Gasteiger partial charge in [-0.3, -0.25) is 0 Å². The number of nitrogen functional groups attached to an aromatic ring is 2. The Morgan fingerprint density at radius 2 is 1.64 bits per heavy atom. The Labute approximate surface area is 199 Å². The molecule has 172 valence electrons. The summed E-state index contributed by atoms with van der Waals surface area (Å²) in [6.45, 7) is 16.4. The summed E-state index contributed by atoms with van der Waals surface area (Å²) in [7, 11) is 0. The van der Waals surface area contributed by atoms with E-state index in [-0.39, 0.29) is 10.8 Å². The average Bonchev–Trinajstić information content (AvgIpc) is 2.80. The predicted octanol–water partition coefficient (Wildman–Crippen LogP) is 7.28. The maximum atomic E-state index is 7.05. The molecule has 0 saturated heterocycles. The smallest absolute Gasteiger partial charge is 0.0589 e. The number of anilines is 2. The van der Waals surface area contributed by atoms with Crippen LogP contribution in [0.4, 0.5) is 11.4 Å².